The summed E-state index contributed by atoms with van der Waals surface area (Å²) in [5.74, 6) is -0.369. The number of unbranched alkanes of at least 4 members (excludes halogenated alkanes) is 10. The third-order valence-electron chi connectivity index (χ3n) is 4.82. The van der Waals surface area contributed by atoms with Crippen molar-refractivity contribution in [3.63, 3.8) is 0 Å². The fraction of sp³-hybridized carbons (Fsp3) is 0.952. The third-order valence-corrected chi connectivity index (χ3v) is 4.82. The summed E-state index contributed by atoms with van der Waals surface area (Å²) in [6.45, 7) is -0.404. The van der Waals surface area contributed by atoms with E-state index in [-0.39, 0.29) is 25.3 Å². The fourth-order valence-corrected chi connectivity index (χ4v) is 3.08. The molecule has 4 N–H and O–H groups in total. The first-order valence-electron chi connectivity index (χ1n) is 10.8. The molecule has 6 nitrogen and oxygen atoms in total. The van der Waals surface area contributed by atoms with Gasteiger partial charge in [-0.15, -0.1) is 0 Å². The van der Waals surface area contributed by atoms with Crippen LogP contribution in [0.3, 0.4) is 0 Å². The van der Waals surface area contributed by atoms with Crippen LogP contribution < -0.4 is 0 Å². The summed E-state index contributed by atoms with van der Waals surface area (Å²) in [5, 5.41) is 36.4. The van der Waals surface area contributed by atoms with E-state index in [4.69, 9.17) is 20.1 Å². The lowest BCUT2D eigenvalue weighted by Crippen LogP contribution is -2.25. The van der Waals surface area contributed by atoms with Crippen LogP contribution in [0.4, 0.5) is 0 Å². The summed E-state index contributed by atoms with van der Waals surface area (Å²) in [5.41, 5.74) is 0. The smallest absolute Gasteiger partial charge is 0.306 e. The van der Waals surface area contributed by atoms with E-state index >= 15 is 0 Å². The topological polar surface area (TPSA) is 107 Å². The zero-order valence-corrected chi connectivity index (χ0v) is 17.0. The Morgan fingerprint density at radius 3 is 1.59 bits per heavy atom. The van der Waals surface area contributed by atoms with Crippen LogP contribution in [0.25, 0.3) is 0 Å². The Hall–Kier alpha value is -0.690. The van der Waals surface area contributed by atoms with Gasteiger partial charge in [0.2, 0.25) is 0 Å². The van der Waals surface area contributed by atoms with Crippen LogP contribution in [0.15, 0.2) is 0 Å². The second kappa shape index (κ2) is 20.1. The molecule has 6 heteroatoms. The Morgan fingerprint density at radius 2 is 1.11 bits per heavy atom. The SMILES string of the molecule is O=C(CCCCCCCC(O)CCCCCCCCCO)OC(CO)CO. The van der Waals surface area contributed by atoms with E-state index in [0.29, 0.717) is 13.0 Å². The molecule has 0 spiro atoms. The molecule has 0 aromatic heterocycles. The highest BCUT2D eigenvalue weighted by Gasteiger charge is 2.11. The van der Waals surface area contributed by atoms with Crippen molar-refractivity contribution in [2.45, 2.75) is 109 Å². The van der Waals surface area contributed by atoms with E-state index < -0.39 is 6.10 Å². The molecule has 0 bridgehead atoms. The third kappa shape index (κ3) is 18.4. The van der Waals surface area contributed by atoms with Crippen molar-refractivity contribution < 1.29 is 30.0 Å². The van der Waals surface area contributed by atoms with E-state index in [2.05, 4.69) is 0 Å². The van der Waals surface area contributed by atoms with Gasteiger partial charge in [-0.1, -0.05) is 64.2 Å². The van der Waals surface area contributed by atoms with Crippen molar-refractivity contribution in [2.24, 2.45) is 0 Å². The largest absolute Gasteiger partial charge is 0.457 e. The second-order valence-electron chi connectivity index (χ2n) is 7.42. The molecular weight excluding hydrogens is 348 g/mol. The van der Waals surface area contributed by atoms with Crippen LogP contribution in [0.2, 0.25) is 0 Å². The number of hydrogen-bond donors (Lipinski definition) is 4. The normalized spacial score (nSPS) is 12.5. The van der Waals surface area contributed by atoms with Crippen LogP contribution in [0.1, 0.15) is 96.3 Å². The highest BCUT2D eigenvalue weighted by molar-refractivity contribution is 5.69. The number of esters is 1. The monoisotopic (exact) mass is 390 g/mol. The lowest BCUT2D eigenvalue weighted by Gasteiger charge is -2.12. The number of hydrogen-bond acceptors (Lipinski definition) is 6. The van der Waals surface area contributed by atoms with Crippen molar-refractivity contribution in [2.75, 3.05) is 19.8 Å². The lowest BCUT2D eigenvalue weighted by atomic mass is 10.0. The molecule has 0 saturated heterocycles. The summed E-state index contributed by atoms with van der Waals surface area (Å²) in [6, 6.07) is 0. The zero-order chi connectivity index (χ0) is 20.2. The molecule has 0 saturated carbocycles. The Balaban J connectivity index is 3.33. The molecule has 0 aromatic rings. The molecule has 0 aliphatic heterocycles. The van der Waals surface area contributed by atoms with Crippen LogP contribution in [0, 0.1) is 0 Å². The number of carbonyl (C=O) groups excluding carboxylic acids is 1. The van der Waals surface area contributed by atoms with E-state index in [9.17, 15) is 9.90 Å². The van der Waals surface area contributed by atoms with Gasteiger partial charge in [0, 0.05) is 13.0 Å². The van der Waals surface area contributed by atoms with Crippen LogP contribution >= 0.6 is 0 Å². The first kappa shape index (κ1) is 26.3. The molecular formula is C21H42O6. The minimum absolute atomic E-state index is 0.191. The van der Waals surface area contributed by atoms with Gasteiger partial charge in [0.05, 0.1) is 19.3 Å². The van der Waals surface area contributed by atoms with Crippen molar-refractivity contribution >= 4 is 5.97 Å². The molecule has 0 aliphatic rings. The van der Waals surface area contributed by atoms with Gasteiger partial charge in [-0.3, -0.25) is 4.79 Å². The summed E-state index contributed by atoms with van der Waals surface area (Å²) in [7, 11) is 0. The first-order valence-corrected chi connectivity index (χ1v) is 10.8. The van der Waals surface area contributed by atoms with Gasteiger partial charge >= 0.3 is 5.97 Å². The van der Waals surface area contributed by atoms with Crippen LogP contribution in [-0.4, -0.2) is 58.4 Å². The summed E-state index contributed by atoms with van der Waals surface area (Å²) >= 11 is 0. The predicted octanol–water partition coefficient (Wildman–Crippen LogP) is 3.09. The standard InChI is InChI=1S/C21H42O6/c22-16-12-8-3-1-2-5-9-13-19(25)14-10-6-4-7-11-15-21(26)27-20(17-23)18-24/h19-20,22-25H,1-18H2. The lowest BCUT2D eigenvalue weighted by molar-refractivity contribution is -0.153. The Kier molecular flexibility index (Phi) is 19.5. The molecule has 1 unspecified atom stereocenters. The fourth-order valence-electron chi connectivity index (χ4n) is 3.08. The highest BCUT2D eigenvalue weighted by Crippen LogP contribution is 2.14. The Bertz CT molecular complexity index is 320. The average molecular weight is 391 g/mol. The van der Waals surface area contributed by atoms with Gasteiger partial charge in [-0.2, -0.15) is 0 Å². The maximum absolute atomic E-state index is 11.5. The number of carbonyl (C=O) groups is 1. The van der Waals surface area contributed by atoms with Gasteiger partial charge < -0.3 is 25.2 Å². The molecule has 0 heterocycles. The summed E-state index contributed by atoms with van der Waals surface area (Å²) in [6.07, 6.45) is 13.8. The Morgan fingerprint density at radius 1 is 0.667 bits per heavy atom. The van der Waals surface area contributed by atoms with E-state index in [0.717, 1.165) is 64.2 Å². The molecule has 0 aromatic carbocycles. The minimum Gasteiger partial charge on any atom is -0.457 e. The molecule has 0 rings (SSSR count). The number of ether oxygens (including phenoxy) is 1. The van der Waals surface area contributed by atoms with Crippen LogP contribution in [0.5, 0.6) is 0 Å². The summed E-state index contributed by atoms with van der Waals surface area (Å²) in [4.78, 5) is 11.5. The molecule has 162 valence electrons. The maximum Gasteiger partial charge on any atom is 0.306 e. The predicted molar refractivity (Wildman–Crippen MR) is 106 cm³/mol. The van der Waals surface area contributed by atoms with E-state index in [1.165, 1.54) is 25.7 Å². The number of aliphatic hydroxyl groups is 4. The maximum atomic E-state index is 11.5. The molecule has 0 fully saturated rings. The zero-order valence-electron chi connectivity index (χ0n) is 17.0. The first-order chi connectivity index (χ1) is 13.1. The molecule has 27 heavy (non-hydrogen) atoms. The van der Waals surface area contributed by atoms with Crippen molar-refractivity contribution in [1.29, 1.82) is 0 Å². The van der Waals surface area contributed by atoms with Crippen LogP contribution in [-0.2, 0) is 9.53 Å². The van der Waals surface area contributed by atoms with Gasteiger partial charge in [0.1, 0.15) is 6.10 Å². The number of aliphatic hydroxyl groups excluding tert-OH is 4. The van der Waals surface area contributed by atoms with Gasteiger partial charge in [-0.25, -0.2) is 0 Å². The highest BCUT2D eigenvalue weighted by atomic mass is 16.6. The average Bonchev–Trinajstić information content (AvgIpc) is 2.67. The van der Waals surface area contributed by atoms with E-state index in [1.807, 2.05) is 0 Å². The van der Waals surface area contributed by atoms with Gasteiger partial charge in [0.15, 0.2) is 0 Å². The quantitative estimate of drug-likeness (QED) is 0.188. The van der Waals surface area contributed by atoms with Crippen molar-refractivity contribution in [3.05, 3.63) is 0 Å². The second-order valence-corrected chi connectivity index (χ2v) is 7.42. The number of rotatable bonds is 20. The Labute approximate surface area is 164 Å². The van der Waals surface area contributed by atoms with Gasteiger partial charge in [0.25, 0.3) is 0 Å². The van der Waals surface area contributed by atoms with E-state index in [1.54, 1.807) is 0 Å². The molecule has 1 atom stereocenters. The van der Waals surface area contributed by atoms with Gasteiger partial charge in [-0.05, 0) is 25.7 Å². The minimum atomic E-state index is -0.801. The molecule has 0 radical (unpaired) electrons. The van der Waals surface area contributed by atoms with Crippen molar-refractivity contribution in [3.8, 4) is 0 Å². The molecule has 0 amide bonds. The summed E-state index contributed by atoms with van der Waals surface area (Å²) < 4.78 is 4.91. The molecule has 0 aliphatic carbocycles. The van der Waals surface area contributed by atoms with Crippen molar-refractivity contribution in [1.82, 2.24) is 0 Å².